The van der Waals surface area contributed by atoms with E-state index in [-0.39, 0.29) is 16.9 Å². The highest BCUT2D eigenvalue weighted by molar-refractivity contribution is 6.13. The Bertz CT molecular complexity index is 3450. The lowest BCUT2D eigenvalue weighted by atomic mass is 9.96. The molecule has 0 saturated carbocycles. The van der Waals surface area contributed by atoms with Gasteiger partial charge in [-0.3, -0.25) is 0 Å². The molecule has 0 aliphatic carbocycles. The van der Waals surface area contributed by atoms with Crippen molar-refractivity contribution in [3.8, 4) is 50.8 Å². The zero-order valence-electron chi connectivity index (χ0n) is 34.8. The van der Waals surface area contributed by atoms with Gasteiger partial charge in [0.05, 0.1) is 61.8 Å². The Morgan fingerprint density at radius 3 is 1.24 bits per heavy atom. The van der Waals surface area contributed by atoms with E-state index in [0.29, 0.717) is 88.1 Å². The molecule has 0 saturated heterocycles. The highest BCUT2D eigenvalue weighted by Gasteiger charge is 2.35. The number of hydrogen-bond donors (Lipinski definition) is 0. The number of nitrogens with zero attached hydrogens (tertiary/aromatic N) is 3. The van der Waals surface area contributed by atoms with E-state index >= 15 is 13.2 Å². The van der Waals surface area contributed by atoms with E-state index in [9.17, 15) is 31.6 Å². The summed E-state index contributed by atoms with van der Waals surface area (Å²) in [6.07, 6.45) is -14.1. The molecule has 0 amide bonds. The van der Waals surface area contributed by atoms with Crippen LogP contribution in [0.1, 0.15) is 33.4 Å². The number of nitriles is 1. The quantitative estimate of drug-likeness (QED) is 0.159. The van der Waals surface area contributed by atoms with Crippen molar-refractivity contribution in [1.82, 2.24) is 9.13 Å². The molecule has 0 unspecified atom stereocenters. The average Bonchev–Trinajstić information content (AvgIpc) is 3.79. The first-order chi connectivity index (χ1) is 31.4. The van der Waals surface area contributed by atoms with E-state index < -0.39 is 35.2 Å². The van der Waals surface area contributed by atoms with Crippen molar-refractivity contribution in [2.24, 2.45) is 0 Å². The third kappa shape index (κ3) is 7.21. The van der Waals surface area contributed by atoms with Crippen LogP contribution in [0.2, 0.25) is 0 Å². The van der Waals surface area contributed by atoms with Gasteiger partial charge in [-0.15, -0.1) is 0 Å². The van der Waals surface area contributed by atoms with E-state index in [0.717, 1.165) is 36.4 Å². The molecule has 10 rings (SSSR count). The minimum atomic E-state index is -4.88. The van der Waals surface area contributed by atoms with Crippen molar-refractivity contribution in [3.05, 3.63) is 191 Å². The van der Waals surface area contributed by atoms with Crippen molar-refractivity contribution in [2.45, 2.75) is 32.4 Å². The Hall–Kier alpha value is -7.78. The molecule has 0 N–H and O–H groups in total. The number of rotatable bonds is 5. The summed E-state index contributed by atoms with van der Waals surface area (Å²) in [7, 11) is 0. The van der Waals surface area contributed by atoms with Gasteiger partial charge < -0.3 is 9.13 Å². The van der Waals surface area contributed by atoms with Crippen LogP contribution in [0.3, 0.4) is 0 Å². The number of para-hydroxylation sites is 2. The second kappa shape index (κ2) is 15.2. The molecule has 10 aromatic rings. The summed E-state index contributed by atoms with van der Waals surface area (Å²) in [5.74, 6) is 0. The van der Waals surface area contributed by atoms with Gasteiger partial charge in [-0.25, -0.2) is 0 Å². The number of aryl methyl sites for hydroxylation is 2. The van der Waals surface area contributed by atoms with Crippen LogP contribution in [-0.4, -0.2) is 9.13 Å². The van der Waals surface area contributed by atoms with E-state index in [1.54, 1.807) is 144 Å². The zero-order valence-corrected chi connectivity index (χ0v) is 34.8. The van der Waals surface area contributed by atoms with Crippen molar-refractivity contribution in [2.75, 3.05) is 0 Å². The average molecular weight is 894 g/mol. The molecule has 0 bridgehead atoms. The van der Waals surface area contributed by atoms with E-state index in [4.69, 9.17) is 0 Å². The first-order valence-electron chi connectivity index (χ1n) is 20.6. The molecule has 0 aliphatic rings. The number of fused-ring (bicyclic) bond motifs is 6. The molecule has 3 nitrogen and oxygen atoms in total. The van der Waals surface area contributed by atoms with Gasteiger partial charge in [0.1, 0.15) is 0 Å². The zero-order chi connectivity index (χ0) is 46.4. The standard InChI is InChI=1S/C54H32F9N3/c1-30-18-36(23-38(20-30)52(55,56)57)33-14-16-47-43(25-33)41-10-3-5-12-45(41)65(47)49-27-40(54(61,62)63)28-50(51(49)35-9-7-8-32(22-35)29-64)66-46-13-6-4-11-42(46)44-26-34(15-17-48(44)66)37-19-31(2)21-39(24-37)53(58,59)60/h3-28H,1-2H3. The molecule has 326 valence electrons. The Labute approximate surface area is 370 Å². The van der Waals surface area contributed by atoms with Crippen molar-refractivity contribution < 1.29 is 39.5 Å². The molecular weight excluding hydrogens is 862 g/mol. The summed E-state index contributed by atoms with van der Waals surface area (Å²) in [5, 5.41) is 12.5. The van der Waals surface area contributed by atoms with E-state index in [1.165, 1.54) is 0 Å². The highest BCUT2D eigenvalue weighted by Crippen LogP contribution is 2.47. The predicted molar refractivity (Wildman–Crippen MR) is 241 cm³/mol. The minimum absolute atomic E-state index is 0.103. The fourth-order valence-electron chi connectivity index (χ4n) is 9.22. The molecule has 2 heterocycles. The number of halogens is 9. The molecule has 0 atom stereocenters. The fourth-order valence-corrected chi connectivity index (χ4v) is 9.22. The summed E-state index contributed by atoms with van der Waals surface area (Å²) >= 11 is 0. The maximum Gasteiger partial charge on any atom is 0.416 e. The summed E-state index contributed by atoms with van der Waals surface area (Å²) in [4.78, 5) is 0. The normalized spacial score (nSPS) is 12.5. The van der Waals surface area contributed by atoms with Gasteiger partial charge in [-0.1, -0.05) is 72.8 Å². The van der Waals surface area contributed by atoms with Gasteiger partial charge in [0.25, 0.3) is 0 Å². The Morgan fingerprint density at radius 1 is 0.379 bits per heavy atom. The van der Waals surface area contributed by atoms with Crippen LogP contribution >= 0.6 is 0 Å². The second-order valence-corrected chi connectivity index (χ2v) is 16.4. The molecule has 12 heteroatoms. The third-order valence-electron chi connectivity index (χ3n) is 12.0. The monoisotopic (exact) mass is 893 g/mol. The number of aromatic nitrogens is 2. The number of hydrogen-bond acceptors (Lipinski definition) is 1. The molecule has 66 heavy (non-hydrogen) atoms. The Kier molecular flexibility index (Phi) is 9.69. The highest BCUT2D eigenvalue weighted by atomic mass is 19.4. The third-order valence-corrected chi connectivity index (χ3v) is 12.0. The van der Waals surface area contributed by atoms with E-state index in [2.05, 4.69) is 6.07 Å². The molecule has 0 spiro atoms. The first kappa shape index (κ1) is 42.2. The molecule has 0 radical (unpaired) electrons. The summed E-state index contributed by atoms with van der Waals surface area (Å²) in [5.41, 5.74) is 2.89. The lowest BCUT2D eigenvalue weighted by Gasteiger charge is -2.23. The molecule has 8 aromatic carbocycles. The van der Waals surface area contributed by atoms with Crippen LogP contribution in [0, 0.1) is 25.2 Å². The number of benzene rings is 8. The van der Waals surface area contributed by atoms with Crippen LogP contribution in [0.4, 0.5) is 39.5 Å². The van der Waals surface area contributed by atoms with Gasteiger partial charge in [-0.05, 0) is 138 Å². The van der Waals surface area contributed by atoms with Gasteiger partial charge >= 0.3 is 18.5 Å². The topological polar surface area (TPSA) is 33.6 Å². The SMILES string of the molecule is Cc1cc(-c2ccc3c(c2)c2ccccc2n3-c2cc(C(F)(F)F)cc(-n3c4ccccc4c4cc(-c5cc(C)cc(C(F)(F)F)c5)ccc43)c2-c2cccc(C#N)c2)cc(C(F)(F)F)c1. The minimum Gasteiger partial charge on any atom is -0.309 e. The maximum absolute atomic E-state index is 15.5. The van der Waals surface area contributed by atoms with Crippen molar-refractivity contribution in [3.63, 3.8) is 0 Å². The van der Waals surface area contributed by atoms with Gasteiger partial charge in [0, 0.05) is 27.1 Å². The fraction of sp³-hybridized carbons (Fsp3) is 0.0926. The summed E-state index contributed by atoms with van der Waals surface area (Å²) in [6, 6.07) is 42.7. The summed E-state index contributed by atoms with van der Waals surface area (Å²) < 4.78 is 134. The van der Waals surface area contributed by atoms with Gasteiger partial charge in [-0.2, -0.15) is 44.8 Å². The predicted octanol–water partition coefficient (Wildman–Crippen LogP) is 16.4. The largest absolute Gasteiger partial charge is 0.416 e. The molecule has 0 aliphatic heterocycles. The lowest BCUT2D eigenvalue weighted by Crippen LogP contribution is -2.11. The lowest BCUT2D eigenvalue weighted by molar-refractivity contribution is -0.138. The van der Waals surface area contributed by atoms with E-state index in [1.807, 2.05) is 0 Å². The van der Waals surface area contributed by atoms with Gasteiger partial charge in [0.2, 0.25) is 0 Å². The molecule has 2 aromatic heterocycles. The molecular formula is C54H32F9N3. The smallest absolute Gasteiger partial charge is 0.309 e. The summed E-state index contributed by atoms with van der Waals surface area (Å²) in [6.45, 7) is 3.15. The Morgan fingerprint density at radius 2 is 0.803 bits per heavy atom. The van der Waals surface area contributed by atoms with Crippen LogP contribution in [0.5, 0.6) is 0 Å². The molecule has 0 fully saturated rings. The van der Waals surface area contributed by atoms with Crippen molar-refractivity contribution >= 4 is 43.6 Å². The first-order valence-corrected chi connectivity index (χ1v) is 20.6. The van der Waals surface area contributed by atoms with Crippen molar-refractivity contribution in [1.29, 1.82) is 5.26 Å². The van der Waals surface area contributed by atoms with Crippen LogP contribution in [0.15, 0.2) is 158 Å². The van der Waals surface area contributed by atoms with Crippen LogP contribution < -0.4 is 0 Å². The van der Waals surface area contributed by atoms with Gasteiger partial charge in [0.15, 0.2) is 0 Å². The van der Waals surface area contributed by atoms with Crippen LogP contribution in [0.25, 0.3) is 88.4 Å². The maximum atomic E-state index is 15.5. The number of alkyl halides is 9. The second-order valence-electron chi connectivity index (χ2n) is 16.4. The Balaban J connectivity index is 1.30. The van der Waals surface area contributed by atoms with Crippen LogP contribution in [-0.2, 0) is 18.5 Å².